The van der Waals surface area contributed by atoms with Crippen LogP contribution in [0, 0.1) is 10.1 Å². The van der Waals surface area contributed by atoms with Gasteiger partial charge in [0.2, 0.25) is 5.82 Å². The summed E-state index contributed by atoms with van der Waals surface area (Å²) in [6.45, 7) is 3.00. The number of anilines is 1. The van der Waals surface area contributed by atoms with E-state index in [1.807, 2.05) is 7.05 Å². The van der Waals surface area contributed by atoms with Crippen LogP contribution < -0.4 is 5.32 Å². The number of nitrogens with zero attached hydrogens (tertiary/aromatic N) is 3. The van der Waals surface area contributed by atoms with E-state index in [0.29, 0.717) is 6.04 Å². The van der Waals surface area contributed by atoms with E-state index in [9.17, 15) is 14.9 Å². The highest BCUT2D eigenvalue weighted by molar-refractivity contribution is 5.88. The Hall–Kier alpha value is -2.22. The molecular weight excluding hydrogens is 276 g/mol. The predicted octanol–water partition coefficient (Wildman–Crippen LogP) is 1.58. The Bertz CT molecular complexity index is 563. The minimum Gasteiger partial charge on any atom is -0.478 e. The van der Waals surface area contributed by atoms with Crippen LogP contribution in [0.4, 0.5) is 11.5 Å². The molecule has 2 N–H and O–H groups in total. The zero-order chi connectivity index (χ0) is 15.6. The number of carboxylic acids is 1. The molecule has 0 spiro atoms. The van der Waals surface area contributed by atoms with Crippen LogP contribution in [0.1, 0.15) is 30.1 Å². The molecule has 0 saturated carbocycles. The maximum absolute atomic E-state index is 11.1. The molecule has 2 rings (SSSR count). The lowest BCUT2D eigenvalue weighted by Gasteiger charge is -2.35. The standard InChI is InChI=1S/C13H18N4O4/c1-8-5-10(3-4-16(8)2)15-12-11(17(20)21)6-9(7-14-12)13(18)19/h6-8,10H,3-5H2,1-2H3,(H,14,15)(H,18,19). The SMILES string of the molecule is CC1CC(Nc2ncc(C(=O)O)cc2[N+](=O)[O-])CCN1C. The summed E-state index contributed by atoms with van der Waals surface area (Å²) in [6, 6.07) is 1.52. The molecule has 8 nitrogen and oxygen atoms in total. The van der Waals surface area contributed by atoms with Crippen LogP contribution in [0.15, 0.2) is 12.3 Å². The summed E-state index contributed by atoms with van der Waals surface area (Å²) in [5, 5.41) is 23.0. The fraction of sp³-hybridized carbons (Fsp3) is 0.538. The second-order valence-electron chi connectivity index (χ2n) is 5.35. The smallest absolute Gasteiger partial charge is 0.337 e. The monoisotopic (exact) mass is 294 g/mol. The summed E-state index contributed by atoms with van der Waals surface area (Å²) < 4.78 is 0. The van der Waals surface area contributed by atoms with E-state index in [-0.39, 0.29) is 23.1 Å². The molecule has 1 aromatic heterocycles. The van der Waals surface area contributed by atoms with Crippen LogP contribution in [0.5, 0.6) is 0 Å². The van der Waals surface area contributed by atoms with Crippen LogP contribution in [0.3, 0.4) is 0 Å². The van der Waals surface area contributed by atoms with Crippen LogP contribution in [0.25, 0.3) is 0 Å². The van der Waals surface area contributed by atoms with Crippen LogP contribution in [-0.4, -0.2) is 51.6 Å². The van der Waals surface area contributed by atoms with Gasteiger partial charge in [0.1, 0.15) is 0 Å². The van der Waals surface area contributed by atoms with Crippen molar-refractivity contribution in [2.45, 2.75) is 31.8 Å². The highest BCUT2D eigenvalue weighted by Crippen LogP contribution is 2.26. The molecule has 0 radical (unpaired) electrons. The fourth-order valence-corrected chi connectivity index (χ4v) is 2.43. The van der Waals surface area contributed by atoms with E-state index >= 15 is 0 Å². The van der Waals surface area contributed by atoms with E-state index < -0.39 is 10.9 Å². The first-order chi connectivity index (χ1) is 9.88. The van der Waals surface area contributed by atoms with Crippen LogP contribution in [0.2, 0.25) is 0 Å². The van der Waals surface area contributed by atoms with Gasteiger partial charge in [0.15, 0.2) is 0 Å². The number of likely N-dealkylation sites (tertiary alicyclic amines) is 1. The summed E-state index contributed by atoms with van der Waals surface area (Å²) in [4.78, 5) is 27.5. The predicted molar refractivity (Wildman–Crippen MR) is 76.6 cm³/mol. The van der Waals surface area contributed by atoms with Gasteiger partial charge < -0.3 is 15.3 Å². The number of hydrogen-bond donors (Lipinski definition) is 2. The molecule has 2 unspecified atom stereocenters. The number of carboxylic acid groups (broad SMARTS) is 1. The first kappa shape index (κ1) is 15.2. The van der Waals surface area contributed by atoms with Gasteiger partial charge in [-0.3, -0.25) is 10.1 Å². The third kappa shape index (κ3) is 3.46. The molecule has 1 saturated heterocycles. The van der Waals surface area contributed by atoms with Crippen molar-refractivity contribution in [2.24, 2.45) is 0 Å². The molecule has 2 heterocycles. The number of nitro groups is 1. The van der Waals surface area contributed by atoms with Gasteiger partial charge in [-0.25, -0.2) is 9.78 Å². The fourth-order valence-electron chi connectivity index (χ4n) is 2.43. The second-order valence-corrected chi connectivity index (χ2v) is 5.35. The second kappa shape index (κ2) is 6.04. The van der Waals surface area contributed by atoms with Gasteiger partial charge in [0.25, 0.3) is 0 Å². The highest BCUT2D eigenvalue weighted by Gasteiger charge is 2.26. The van der Waals surface area contributed by atoms with Crippen molar-refractivity contribution < 1.29 is 14.8 Å². The van der Waals surface area contributed by atoms with Crippen molar-refractivity contribution in [3.8, 4) is 0 Å². The first-order valence-corrected chi connectivity index (χ1v) is 6.73. The van der Waals surface area contributed by atoms with E-state index in [2.05, 4.69) is 22.1 Å². The third-order valence-electron chi connectivity index (χ3n) is 3.86. The van der Waals surface area contributed by atoms with Crippen molar-refractivity contribution in [2.75, 3.05) is 18.9 Å². The number of aromatic carboxylic acids is 1. The number of carbonyl (C=O) groups is 1. The summed E-state index contributed by atoms with van der Waals surface area (Å²) in [7, 11) is 2.04. The Balaban J connectivity index is 2.19. The van der Waals surface area contributed by atoms with E-state index in [0.717, 1.165) is 31.6 Å². The van der Waals surface area contributed by atoms with Crippen molar-refractivity contribution in [1.82, 2.24) is 9.88 Å². The number of pyridine rings is 1. The Morgan fingerprint density at radius 3 is 2.90 bits per heavy atom. The number of aromatic nitrogens is 1. The molecule has 8 heteroatoms. The summed E-state index contributed by atoms with van der Waals surface area (Å²) >= 11 is 0. The maximum Gasteiger partial charge on any atom is 0.337 e. The Kier molecular flexibility index (Phi) is 4.37. The van der Waals surface area contributed by atoms with Gasteiger partial charge in [-0.15, -0.1) is 0 Å². The van der Waals surface area contributed by atoms with Gasteiger partial charge in [0.05, 0.1) is 10.5 Å². The van der Waals surface area contributed by atoms with Crippen molar-refractivity contribution in [3.63, 3.8) is 0 Å². The quantitative estimate of drug-likeness (QED) is 0.641. The lowest BCUT2D eigenvalue weighted by Crippen LogP contribution is -2.42. The van der Waals surface area contributed by atoms with Gasteiger partial charge in [-0.1, -0.05) is 0 Å². The van der Waals surface area contributed by atoms with Crippen LogP contribution in [-0.2, 0) is 0 Å². The molecule has 21 heavy (non-hydrogen) atoms. The molecule has 0 bridgehead atoms. The zero-order valence-electron chi connectivity index (χ0n) is 11.9. The maximum atomic E-state index is 11.1. The first-order valence-electron chi connectivity index (χ1n) is 6.73. The molecule has 114 valence electrons. The van der Waals surface area contributed by atoms with Gasteiger partial charge in [-0.05, 0) is 26.8 Å². The van der Waals surface area contributed by atoms with Gasteiger partial charge in [0, 0.05) is 30.9 Å². The molecule has 2 atom stereocenters. The van der Waals surface area contributed by atoms with Gasteiger partial charge >= 0.3 is 11.7 Å². The van der Waals surface area contributed by atoms with Crippen molar-refractivity contribution in [3.05, 3.63) is 27.9 Å². The van der Waals surface area contributed by atoms with Crippen molar-refractivity contribution >= 4 is 17.5 Å². The molecule has 0 aromatic carbocycles. The zero-order valence-corrected chi connectivity index (χ0v) is 11.9. The lowest BCUT2D eigenvalue weighted by atomic mass is 9.99. The van der Waals surface area contributed by atoms with E-state index in [1.54, 1.807) is 0 Å². The Labute approximate surface area is 121 Å². The van der Waals surface area contributed by atoms with Gasteiger partial charge in [-0.2, -0.15) is 0 Å². The number of nitrogens with one attached hydrogen (secondary N) is 1. The minimum atomic E-state index is -1.23. The summed E-state index contributed by atoms with van der Waals surface area (Å²) in [5.41, 5.74) is -0.495. The number of hydrogen-bond acceptors (Lipinski definition) is 6. The molecule has 0 aliphatic carbocycles. The summed E-state index contributed by atoms with van der Waals surface area (Å²) in [5.74, 6) is -1.10. The average molecular weight is 294 g/mol. The molecule has 1 aromatic rings. The van der Waals surface area contributed by atoms with Crippen LogP contribution >= 0.6 is 0 Å². The lowest BCUT2D eigenvalue weighted by molar-refractivity contribution is -0.384. The minimum absolute atomic E-state index is 0.0954. The van der Waals surface area contributed by atoms with E-state index in [4.69, 9.17) is 5.11 Å². The Morgan fingerprint density at radius 1 is 1.62 bits per heavy atom. The van der Waals surface area contributed by atoms with E-state index in [1.165, 1.54) is 0 Å². The molecular formula is C13H18N4O4. The molecule has 1 fully saturated rings. The average Bonchev–Trinajstić information content (AvgIpc) is 2.43. The third-order valence-corrected chi connectivity index (χ3v) is 3.86. The number of rotatable bonds is 4. The highest BCUT2D eigenvalue weighted by atomic mass is 16.6. The molecule has 1 aliphatic heterocycles. The van der Waals surface area contributed by atoms with Crippen molar-refractivity contribution in [1.29, 1.82) is 0 Å². The molecule has 1 aliphatic rings. The number of piperidine rings is 1. The largest absolute Gasteiger partial charge is 0.478 e. The Morgan fingerprint density at radius 2 is 2.33 bits per heavy atom. The normalized spacial score (nSPS) is 22.8. The molecule has 0 amide bonds. The topological polar surface area (TPSA) is 109 Å². The summed E-state index contributed by atoms with van der Waals surface area (Å²) in [6.07, 6.45) is 2.85.